The second-order valence-electron chi connectivity index (χ2n) is 6.95. The minimum absolute atomic E-state index is 0.353. The summed E-state index contributed by atoms with van der Waals surface area (Å²) in [4.78, 5) is 14.0. The molecule has 2 rings (SSSR count). The zero-order valence-corrected chi connectivity index (χ0v) is 14.5. The van der Waals surface area contributed by atoms with E-state index < -0.39 is 5.60 Å². The number of alkyl carbamates (subject to hydrolysis) is 1. The molecular weight excluding hydrogens is 290 g/mol. The second kappa shape index (κ2) is 8.09. The fourth-order valence-corrected chi connectivity index (χ4v) is 2.61. The van der Waals surface area contributed by atoms with Gasteiger partial charge in [0.25, 0.3) is 0 Å². The summed E-state index contributed by atoms with van der Waals surface area (Å²) in [5.41, 5.74) is 1.98. The molecule has 5 heteroatoms. The highest BCUT2D eigenvalue weighted by molar-refractivity contribution is 5.67. The third-order valence-corrected chi connectivity index (χ3v) is 3.67. The first kappa shape index (κ1) is 17.4. The van der Waals surface area contributed by atoms with Gasteiger partial charge in [0.2, 0.25) is 0 Å². The maximum absolute atomic E-state index is 11.5. The fourth-order valence-electron chi connectivity index (χ4n) is 2.61. The highest BCUT2D eigenvalue weighted by Crippen LogP contribution is 2.23. The van der Waals surface area contributed by atoms with Crippen LogP contribution in [-0.2, 0) is 4.74 Å². The van der Waals surface area contributed by atoms with Crippen molar-refractivity contribution in [3.63, 3.8) is 0 Å². The van der Waals surface area contributed by atoms with E-state index >= 15 is 0 Å². The average Bonchev–Trinajstić information content (AvgIpc) is 2.99. The number of nitrogens with one attached hydrogen (secondary N) is 2. The van der Waals surface area contributed by atoms with Crippen LogP contribution < -0.4 is 15.5 Å². The van der Waals surface area contributed by atoms with Crippen molar-refractivity contribution >= 4 is 17.5 Å². The highest BCUT2D eigenvalue weighted by Gasteiger charge is 2.15. The molecule has 0 radical (unpaired) electrons. The van der Waals surface area contributed by atoms with Crippen molar-refractivity contribution in [2.24, 2.45) is 0 Å². The van der Waals surface area contributed by atoms with E-state index in [-0.39, 0.29) is 6.09 Å². The molecule has 1 aromatic rings. The molecule has 1 aliphatic heterocycles. The molecule has 0 unspecified atom stereocenters. The molecule has 0 aromatic heterocycles. The Labute approximate surface area is 139 Å². The molecule has 0 saturated carbocycles. The molecular formula is C18H29N3O2. The predicted molar refractivity (Wildman–Crippen MR) is 95.2 cm³/mol. The van der Waals surface area contributed by atoms with E-state index in [0.717, 1.165) is 31.7 Å². The summed E-state index contributed by atoms with van der Waals surface area (Å²) in [6, 6.07) is 8.54. The Morgan fingerprint density at radius 3 is 2.65 bits per heavy atom. The summed E-state index contributed by atoms with van der Waals surface area (Å²) < 4.78 is 5.20. The van der Waals surface area contributed by atoms with E-state index in [2.05, 4.69) is 39.8 Å². The first-order valence-electron chi connectivity index (χ1n) is 8.50. The van der Waals surface area contributed by atoms with Crippen LogP contribution in [0, 0.1) is 0 Å². The lowest BCUT2D eigenvalue weighted by Crippen LogP contribution is -2.33. The van der Waals surface area contributed by atoms with Crippen molar-refractivity contribution in [2.45, 2.75) is 45.6 Å². The number of hydrogen-bond acceptors (Lipinski definition) is 4. The van der Waals surface area contributed by atoms with Crippen molar-refractivity contribution in [2.75, 3.05) is 36.4 Å². The zero-order valence-electron chi connectivity index (χ0n) is 14.5. The van der Waals surface area contributed by atoms with Crippen LogP contribution in [0.15, 0.2) is 24.3 Å². The maximum Gasteiger partial charge on any atom is 0.407 e. The molecule has 0 spiro atoms. The van der Waals surface area contributed by atoms with Gasteiger partial charge in [0, 0.05) is 37.6 Å². The van der Waals surface area contributed by atoms with E-state index in [9.17, 15) is 4.79 Å². The van der Waals surface area contributed by atoms with Gasteiger partial charge in [-0.1, -0.05) is 6.07 Å². The van der Waals surface area contributed by atoms with Gasteiger partial charge < -0.3 is 20.3 Å². The quantitative estimate of drug-likeness (QED) is 0.787. The van der Waals surface area contributed by atoms with Crippen molar-refractivity contribution < 1.29 is 9.53 Å². The Balaban J connectivity index is 1.66. The summed E-state index contributed by atoms with van der Waals surface area (Å²) in [5.74, 6) is 0. The largest absolute Gasteiger partial charge is 0.444 e. The van der Waals surface area contributed by atoms with Gasteiger partial charge in [-0.2, -0.15) is 0 Å². The topological polar surface area (TPSA) is 53.6 Å². The van der Waals surface area contributed by atoms with Crippen molar-refractivity contribution in [1.29, 1.82) is 0 Å². The Kier molecular flexibility index (Phi) is 6.13. The predicted octanol–water partition coefficient (Wildman–Crippen LogP) is 3.61. The average molecular weight is 319 g/mol. The van der Waals surface area contributed by atoms with Crippen LogP contribution in [0.2, 0.25) is 0 Å². The molecule has 5 nitrogen and oxygen atoms in total. The van der Waals surface area contributed by atoms with Gasteiger partial charge in [0.15, 0.2) is 0 Å². The van der Waals surface area contributed by atoms with Crippen LogP contribution in [0.4, 0.5) is 16.2 Å². The molecule has 1 saturated heterocycles. The Morgan fingerprint density at radius 2 is 1.96 bits per heavy atom. The van der Waals surface area contributed by atoms with Gasteiger partial charge in [0.05, 0.1) is 0 Å². The fraction of sp³-hybridized carbons (Fsp3) is 0.611. The molecule has 1 aliphatic rings. The number of rotatable bonds is 6. The van der Waals surface area contributed by atoms with Crippen molar-refractivity contribution in [3.8, 4) is 0 Å². The van der Waals surface area contributed by atoms with Crippen LogP contribution in [0.1, 0.15) is 40.0 Å². The van der Waals surface area contributed by atoms with Crippen molar-refractivity contribution in [3.05, 3.63) is 24.3 Å². The van der Waals surface area contributed by atoms with E-state index in [1.807, 2.05) is 20.8 Å². The third-order valence-electron chi connectivity index (χ3n) is 3.67. The number of anilines is 2. The minimum atomic E-state index is -0.446. The van der Waals surface area contributed by atoms with Gasteiger partial charge in [-0.25, -0.2) is 4.79 Å². The smallest absolute Gasteiger partial charge is 0.407 e. The number of carbonyl (C=O) groups excluding carboxylic acids is 1. The SMILES string of the molecule is CC(C)(C)OC(=O)NCCCNc1cccc(N2CCCC2)c1. The van der Waals surface area contributed by atoms with Crippen LogP contribution in [0.5, 0.6) is 0 Å². The lowest BCUT2D eigenvalue weighted by atomic mass is 10.2. The van der Waals surface area contributed by atoms with Crippen molar-refractivity contribution in [1.82, 2.24) is 5.32 Å². The van der Waals surface area contributed by atoms with Gasteiger partial charge in [0.1, 0.15) is 5.60 Å². The molecule has 0 aliphatic carbocycles. The van der Waals surface area contributed by atoms with Crippen LogP contribution in [0.25, 0.3) is 0 Å². The molecule has 1 heterocycles. The first-order valence-corrected chi connectivity index (χ1v) is 8.50. The Bertz CT molecular complexity index is 505. The molecule has 128 valence electrons. The number of amides is 1. The standard InChI is InChI=1S/C18H29N3O2/c1-18(2,3)23-17(22)20-11-7-10-19-15-8-6-9-16(14-15)21-12-4-5-13-21/h6,8-9,14,19H,4-5,7,10-13H2,1-3H3,(H,20,22). The number of nitrogens with zero attached hydrogens (tertiary/aromatic N) is 1. The number of benzene rings is 1. The lowest BCUT2D eigenvalue weighted by molar-refractivity contribution is 0.0528. The third kappa shape index (κ3) is 6.38. The van der Waals surface area contributed by atoms with Crippen LogP contribution in [-0.4, -0.2) is 37.9 Å². The van der Waals surface area contributed by atoms with Crippen LogP contribution in [0.3, 0.4) is 0 Å². The minimum Gasteiger partial charge on any atom is -0.444 e. The monoisotopic (exact) mass is 319 g/mol. The van der Waals surface area contributed by atoms with E-state index in [0.29, 0.717) is 6.54 Å². The summed E-state index contributed by atoms with van der Waals surface area (Å²) in [5, 5.41) is 6.18. The van der Waals surface area contributed by atoms with E-state index in [1.165, 1.54) is 18.5 Å². The summed E-state index contributed by atoms with van der Waals surface area (Å²) in [6.45, 7) is 9.32. The van der Waals surface area contributed by atoms with Gasteiger partial charge in [-0.3, -0.25) is 0 Å². The van der Waals surface area contributed by atoms with E-state index in [4.69, 9.17) is 4.74 Å². The molecule has 1 aromatic carbocycles. The van der Waals surface area contributed by atoms with Gasteiger partial charge in [-0.15, -0.1) is 0 Å². The summed E-state index contributed by atoms with van der Waals surface area (Å²) in [6.07, 6.45) is 3.07. The van der Waals surface area contributed by atoms with E-state index in [1.54, 1.807) is 0 Å². The Morgan fingerprint density at radius 1 is 1.22 bits per heavy atom. The molecule has 0 atom stereocenters. The first-order chi connectivity index (χ1) is 10.9. The summed E-state index contributed by atoms with van der Waals surface area (Å²) >= 11 is 0. The number of ether oxygens (including phenoxy) is 1. The van der Waals surface area contributed by atoms with Gasteiger partial charge >= 0.3 is 6.09 Å². The second-order valence-corrected chi connectivity index (χ2v) is 6.95. The lowest BCUT2D eigenvalue weighted by Gasteiger charge is -2.20. The molecule has 0 bridgehead atoms. The number of hydrogen-bond donors (Lipinski definition) is 2. The molecule has 1 amide bonds. The highest BCUT2D eigenvalue weighted by atomic mass is 16.6. The maximum atomic E-state index is 11.5. The molecule has 23 heavy (non-hydrogen) atoms. The van der Waals surface area contributed by atoms with Crippen LogP contribution >= 0.6 is 0 Å². The zero-order chi connectivity index (χ0) is 16.7. The summed E-state index contributed by atoms with van der Waals surface area (Å²) in [7, 11) is 0. The molecule has 1 fully saturated rings. The normalized spacial score (nSPS) is 14.7. The Hall–Kier alpha value is -1.91. The number of carbonyl (C=O) groups is 1. The molecule has 2 N–H and O–H groups in total. The van der Waals surface area contributed by atoms with Gasteiger partial charge in [-0.05, 0) is 58.2 Å².